The number of aryl methyl sites for hydroxylation is 1. The quantitative estimate of drug-likeness (QED) is 0.820. The number of carbonyl (C=O) groups excluding carboxylic acids is 1. The number of hydrogen-bond acceptors (Lipinski definition) is 3. The molecule has 1 aromatic rings. The van der Waals surface area contributed by atoms with Crippen LogP contribution >= 0.6 is 0 Å². The molecule has 3 atom stereocenters. The fourth-order valence-electron chi connectivity index (χ4n) is 3.62. The zero-order valence-corrected chi connectivity index (χ0v) is 12.1. The maximum atomic E-state index is 12.2. The molecule has 3 rings (SSSR count). The average molecular weight is 277 g/mol. The molecular formula is C15H23N3O2. The molecule has 0 bridgehead atoms. The first kappa shape index (κ1) is 13.6. The second-order valence-electron chi connectivity index (χ2n) is 6.02. The Morgan fingerprint density at radius 1 is 1.35 bits per heavy atom. The van der Waals surface area contributed by atoms with Crippen LogP contribution in [0.5, 0.6) is 0 Å². The third kappa shape index (κ3) is 2.87. The summed E-state index contributed by atoms with van der Waals surface area (Å²) in [6.45, 7) is 2.70. The van der Waals surface area contributed by atoms with E-state index in [0.717, 1.165) is 38.9 Å². The molecule has 110 valence electrons. The molecule has 1 unspecified atom stereocenters. The summed E-state index contributed by atoms with van der Waals surface area (Å²) in [5.41, 5.74) is 0. The van der Waals surface area contributed by atoms with Crippen LogP contribution in [-0.4, -0.2) is 46.9 Å². The fraction of sp³-hybridized carbons (Fsp3) is 0.733. The number of nitrogens with zero attached hydrogens (tertiary/aromatic N) is 3. The van der Waals surface area contributed by atoms with Crippen LogP contribution in [0.1, 0.15) is 25.7 Å². The third-order valence-electron chi connectivity index (χ3n) is 4.73. The highest BCUT2D eigenvalue weighted by Gasteiger charge is 2.42. The number of methoxy groups -OCH3 is 1. The number of aromatic nitrogens is 2. The van der Waals surface area contributed by atoms with E-state index in [9.17, 15) is 4.79 Å². The standard InChI is InChI=1S/C15H23N3O2/c1-20-14-8-12-10-17(11-13(12)9-14)15(19)4-2-6-18-7-3-5-16-18/h3,5,7,12-14H,2,4,6,8-11H2,1H3/t12-,13+,14?. The SMILES string of the molecule is COC1C[C@@H]2CN(C(=O)CCCn3cccn3)C[C@@H]2C1. The number of fused-ring (bicyclic) bond motifs is 1. The molecule has 0 N–H and O–H groups in total. The van der Waals surface area contributed by atoms with E-state index in [1.54, 1.807) is 13.3 Å². The number of rotatable bonds is 5. The van der Waals surface area contributed by atoms with E-state index in [0.29, 0.717) is 30.3 Å². The Bertz CT molecular complexity index is 432. The van der Waals surface area contributed by atoms with Crippen molar-refractivity contribution in [3.05, 3.63) is 18.5 Å². The Morgan fingerprint density at radius 3 is 2.70 bits per heavy atom. The molecule has 2 fully saturated rings. The molecule has 0 radical (unpaired) electrons. The van der Waals surface area contributed by atoms with Crippen LogP contribution in [0, 0.1) is 11.8 Å². The van der Waals surface area contributed by atoms with E-state index in [1.165, 1.54) is 0 Å². The first-order valence-corrected chi connectivity index (χ1v) is 7.54. The lowest BCUT2D eigenvalue weighted by Gasteiger charge is -2.19. The van der Waals surface area contributed by atoms with Gasteiger partial charge in [-0.1, -0.05) is 0 Å². The predicted octanol–water partition coefficient (Wildman–Crippen LogP) is 1.55. The largest absolute Gasteiger partial charge is 0.381 e. The Labute approximate surface area is 119 Å². The average Bonchev–Trinajstić information content (AvgIpc) is 3.13. The maximum absolute atomic E-state index is 12.2. The molecule has 1 saturated carbocycles. The molecule has 1 amide bonds. The summed E-state index contributed by atoms with van der Waals surface area (Å²) in [7, 11) is 1.80. The minimum absolute atomic E-state index is 0.306. The molecule has 5 heteroatoms. The van der Waals surface area contributed by atoms with Gasteiger partial charge < -0.3 is 9.64 Å². The first-order valence-electron chi connectivity index (χ1n) is 7.54. The maximum Gasteiger partial charge on any atom is 0.222 e. The van der Waals surface area contributed by atoms with Crippen LogP contribution < -0.4 is 0 Å². The first-order chi connectivity index (χ1) is 9.76. The Hall–Kier alpha value is -1.36. The number of ether oxygens (including phenoxy) is 1. The van der Waals surface area contributed by atoms with Crippen LogP contribution in [0.3, 0.4) is 0 Å². The van der Waals surface area contributed by atoms with E-state index >= 15 is 0 Å². The summed E-state index contributed by atoms with van der Waals surface area (Å²) in [6.07, 6.45) is 7.88. The smallest absolute Gasteiger partial charge is 0.222 e. The van der Waals surface area contributed by atoms with Crippen molar-refractivity contribution in [2.75, 3.05) is 20.2 Å². The number of carbonyl (C=O) groups is 1. The van der Waals surface area contributed by atoms with Gasteiger partial charge in [0, 0.05) is 45.6 Å². The summed E-state index contributed by atoms with van der Waals surface area (Å²) in [5, 5.41) is 4.15. The second-order valence-corrected chi connectivity index (χ2v) is 6.02. The highest BCUT2D eigenvalue weighted by atomic mass is 16.5. The zero-order valence-electron chi connectivity index (χ0n) is 12.1. The van der Waals surface area contributed by atoms with Gasteiger partial charge in [-0.15, -0.1) is 0 Å². The molecule has 20 heavy (non-hydrogen) atoms. The van der Waals surface area contributed by atoms with Crippen molar-refractivity contribution < 1.29 is 9.53 Å². The number of amides is 1. The fourth-order valence-corrected chi connectivity index (χ4v) is 3.62. The van der Waals surface area contributed by atoms with Gasteiger partial charge in [0.2, 0.25) is 5.91 Å². The molecule has 1 saturated heterocycles. The molecule has 0 aromatic carbocycles. The Kier molecular flexibility index (Phi) is 4.05. The van der Waals surface area contributed by atoms with Gasteiger partial charge in [0.25, 0.3) is 0 Å². The molecule has 2 aliphatic rings. The van der Waals surface area contributed by atoms with E-state index in [2.05, 4.69) is 10.00 Å². The van der Waals surface area contributed by atoms with Crippen LogP contribution in [0.2, 0.25) is 0 Å². The van der Waals surface area contributed by atoms with E-state index in [1.807, 2.05) is 16.9 Å². The summed E-state index contributed by atoms with van der Waals surface area (Å²) in [4.78, 5) is 14.3. The van der Waals surface area contributed by atoms with Crippen LogP contribution in [-0.2, 0) is 16.1 Å². The van der Waals surface area contributed by atoms with Crippen molar-refractivity contribution in [2.24, 2.45) is 11.8 Å². The van der Waals surface area contributed by atoms with E-state index in [-0.39, 0.29) is 0 Å². The van der Waals surface area contributed by atoms with Gasteiger partial charge in [0.1, 0.15) is 0 Å². The number of likely N-dealkylation sites (tertiary alicyclic amines) is 1. The van der Waals surface area contributed by atoms with Crippen LogP contribution in [0.15, 0.2) is 18.5 Å². The summed E-state index contributed by atoms with van der Waals surface area (Å²) in [6, 6.07) is 1.91. The summed E-state index contributed by atoms with van der Waals surface area (Å²) < 4.78 is 7.32. The zero-order chi connectivity index (χ0) is 13.9. The summed E-state index contributed by atoms with van der Waals surface area (Å²) >= 11 is 0. The van der Waals surface area contributed by atoms with Gasteiger partial charge in [-0.3, -0.25) is 9.48 Å². The topological polar surface area (TPSA) is 47.4 Å². The minimum atomic E-state index is 0.306. The van der Waals surface area contributed by atoms with Crippen molar-refractivity contribution in [3.63, 3.8) is 0 Å². The van der Waals surface area contributed by atoms with Gasteiger partial charge in [-0.2, -0.15) is 5.10 Å². The van der Waals surface area contributed by atoms with E-state index in [4.69, 9.17) is 4.74 Å². The van der Waals surface area contributed by atoms with Gasteiger partial charge in [-0.25, -0.2) is 0 Å². The molecule has 1 aliphatic heterocycles. The molecule has 2 heterocycles. The predicted molar refractivity (Wildman–Crippen MR) is 75.1 cm³/mol. The van der Waals surface area contributed by atoms with Gasteiger partial charge in [0.05, 0.1) is 6.10 Å². The second kappa shape index (κ2) is 5.95. The normalized spacial score (nSPS) is 28.9. The lowest BCUT2D eigenvalue weighted by atomic mass is 10.0. The molecular weight excluding hydrogens is 254 g/mol. The highest BCUT2D eigenvalue weighted by molar-refractivity contribution is 5.76. The van der Waals surface area contributed by atoms with Crippen molar-refractivity contribution in [1.82, 2.24) is 14.7 Å². The Morgan fingerprint density at radius 2 is 2.10 bits per heavy atom. The molecule has 1 aliphatic carbocycles. The third-order valence-corrected chi connectivity index (χ3v) is 4.73. The highest BCUT2D eigenvalue weighted by Crippen LogP contribution is 2.39. The summed E-state index contributed by atoms with van der Waals surface area (Å²) in [5.74, 6) is 1.63. The van der Waals surface area contributed by atoms with Crippen LogP contribution in [0.4, 0.5) is 0 Å². The molecule has 1 aromatic heterocycles. The molecule has 5 nitrogen and oxygen atoms in total. The minimum Gasteiger partial charge on any atom is -0.381 e. The lowest BCUT2D eigenvalue weighted by molar-refractivity contribution is -0.130. The molecule has 0 spiro atoms. The van der Waals surface area contributed by atoms with Crippen molar-refractivity contribution in [3.8, 4) is 0 Å². The van der Waals surface area contributed by atoms with Crippen molar-refractivity contribution in [1.29, 1.82) is 0 Å². The van der Waals surface area contributed by atoms with Crippen LogP contribution in [0.25, 0.3) is 0 Å². The number of hydrogen-bond donors (Lipinski definition) is 0. The monoisotopic (exact) mass is 277 g/mol. The van der Waals surface area contributed by atoms with E-state index < -0.39 is 0 Å². The Balaban J connectivity index is 1.41. The van der Waals surface area contributed by atoms with Gasteiger partial charge in [0.15, 0.2) is 0 Å². The van der Waals surface area contributed by atoms with Gasteiger partial charge >= 0.3 is 0 Å². The lowest BCUT2D eigenvalue weighted by Crippen LogP contribution is -2.30. The van der Waals surface area contributed by atoms with Gasteiger partial charge in [-0.05, 0) is 37.2 Å². The van der Waals surface area contributed by atoms with Crippen molar-refractivity contribution >= 4 is 5.91 Å². The van der Waals surface area contributed by atoms with Crippen molar-refractivity contribution in [2.45, 2.75) is 38.3 Å².